The first kappa shape index (κ1) is 14.2. The fourth-order valence-corrected chi connectivity index (χ4v) is 7.31. The number of halogens is 1. The predicted molar refractivity (Wildman–Crippen MR) is 66.8 cm³/mol. The van der Waals surface area contributed by atoms with Crippen LogP contribution in [0.15, 0.2) is 0 Å². The van der Waals surface area contributed by atoms with Crippen LogP contribution in [-0.2, 0) is 29.6 Å². The van der Waals surface area contributed by atoms with Gasteiger partial charge in [0, 0.05) is 5.41 Å². The lowest BCUT2D eigenvalue weighted by Crippen LogP contribution is -2.46. The Morgan fingerprint density at radius 3 is 2.30 bits per heavy atom. The van der Waals surface area contributed by atoms with E-state index in [0.29, 0.717) is 12.8 Å². The van der Waals surface area contributed by atoms with Gasteiger partial charge in [-0.3, -0.25) is 4.79 Å². The van der Waals surface area contributed by atoms with E-state index in [2.05, 4.69) is 0 Å². The third kappa shape index (κ3) is 2.14. The highest BCUT2D eigenvalue weighted by Crippen LogP contribution is 2.54. The number of carbonyl (C=O) groups excluding carboxylic acids is 1. The van der Waals surface area contributed by atoms with Crippen molar-refractivity contribution in [3.8, 4) is 0 Å². The molecule has 0 aromatic heterocycles. The summed E-state index contributed by atoms with van der Waals surface area (Å²) in [4.78, 5) is 11.5. The maximum Gasteiger partial charge on any atom is 0.306 e. The molecule has 2 bridgehead atoms. The van der Waals surface area contributed by atoms with Crippen LogP contribution >= 0.6 is 0 Å². The number of carbonyl (C=O) groups is 1. The summed E-state index contributed by atoms with van der Waals surface area (Å²) >= 11 is 0. The van der Waals surface area contributed by atoms with E-state index in [0.717, 1.165) is 0 Å². The second-order valence-corrected chi connectivity index (χ2v) is 9.96. The molecule has 114 valence electrons. The van der Waals surface area contributed by atoms with Gasteiger partial charge in [0.1, 0.15) is 11.9 Å². The van der Waals surface area contributed by atoms with Crippen molar-refractivity contribution < 1.29 is 30.3 Å². The van der Waals surface area contributed by atoms with Gasteiger partial charge < -0.3 is 4.74 Å². The van der Waals surface area contributed by atoms with Crippen molar-refractivity contribution in [1.82, 2.24) is 0 Å². The Balaban J connectivity index is 1.94. The first-order valence-corrected chi connectivity index (χ1v) is 9.63. The monoisotopic (exact) mass is 326 g/mol. The van der Waals surface area contributed by atoms with E-state index < -0.39 is 53.8 Å². The normalized spacial score (nSPS) is 42.9. The van der Waals surface area contributed by atoms with Crippen LogP contribution in [0, 0.1) is 5.41 Å². The van der Waals surface area contributed by atoms with Crippen LogP contribution in [0.4, 0.5) is 3.89 Å². The molecular weight excluding hydrogens is 311 g/mol. The summed E-state index contributed by atoms with van der Waals surface area (Å²) < 4.78 is 63.7. The minimum absolute atomic E-state index is 0.0181. The molecule has 6 nitrogen and oxygen atoms in total. The summed E-state index contributed by atoms with van der Waals surface area (Å²) in [6, 6.07) is 0. The van der Waals surface area contributed by atoms with E-state index in [4.69, 9.17) is 4.74 Å². The molecule has 3 heterocycles. The quantitative estimate of drug-likeness (QED) is 0.536. The lowest BCUT2D eigenvalue weighted by molar-refractivity contribution is -0.141. The van der Waals surface area contributed by atoms with Gasteiger partial charge in [-0.25, -0.2) is 8.42 Å². The van der Waals surface area contributed by atoms with Crippen LogP contribution in [0.5, 0.6) is 0 Å². The molecular formula is C11H15FO6S2. The van der Waals surface area contributed by atoms with E-state index in [9.17, 15) is 25.5 Å². The number of cyclic esters (lactones) is 1. The van der Waals surface area contributed by atoms with Crippen molar-refractivity contribution in [1.29, 1.82) is 0 Å². The highest BCUT2D eigenvalue weighted by atomic mass is 32.3. The molecule has 3 unspecified atom stereocenters. The van der Waals surface area contributed by atoms with Gasteiger partial charge in [-0.15, -0.1) is 3.89 Å². The highest BCUT2D eigenvalue weighted by Gasteiger charge is 2.60. The zero-order valence-corrected chi connectivity index (χ0v) is 12.3. The highest BCUT2D eigenvalue weighted by molar-refractivity contribution is 7.93. The van der Waals surface area contributed by atoms with E-state index in [1.54, 1.807) is 0 Å². The van der Waals surface area contributed by atoms with E-state index in [1.165, 1.54) is 0 Å². The van der Waals surface area contributed by atoms with Crippen molar-refractivity contribution in [3.05, 3.63) is 0 Å². The van der Waals surface area contributed by atoms with E-state index >= 15 is 0 Å². The third-order valence-electron chi connectivity index (χ3n) is 4.81. The number of rotatable bonds is 2. The summed E-state index contributed by atoms with van der Waals surface area (Å²) in [7, 11) is -7.96. The van der Waals surface area contributed by atoms with Gasteiger partial charge in [-0.05, 0) is 25.7 Å². The van der Waals surface area contributed by atoms with Crippen LogP contribution in [0.1, 0.15) is 32.1 Å². The Morgan fingerprint density at radius 2 is 1.80 bits per heavy atom. The Labute approximate surface area is 116 Å². The number of esters is 1. The van der Waals surface area contributed by atoms with Crippen LogP contribution < -0.4 is 0 Å². The number of ether oxygens (including phenoxy) is 1. The van der Waals surface area contributed by atoms with E-state index in [-0.39, 0.29) is 19.3 Å². The maximum atomic E-state index is 12.9. The van der Waals surface area contributed by atoms with Gasteiger partial charge in [0.25, 0.3) is 0 Å². The fraction of sp³-hybridized carbons (Fsp3) is 0.909. The van der Waals surface area contributed by atoms with Gasteiger partial charge in [-0.1, -0.05) is 0 Å². The molecule has 0 aliphatic carbocycles. The zero-order valence-electron chi connectivity index (χ0n) is 10.6. The molecule has 0 saturated carbocycles. The van der Waals surface area contributed by atoms with E-state index in [1.807, 2.05) is 0 Å². The average Bonchev–Trinajstić information content (AvgIpc) is 2.62. The topological polar surface area (TPSA) is 94.6 Å². The van der Waals surface area contributed by atoms with Gasteiger partial charge >= 0.3 is 16.2 Å². The number of sulfone groups is 1. The fourth-order valence-electron chi connectivity index (χ4n) is 3.92. The molecule has 3 fully saturated rings. The molecule has 0 amide bonds. The molecule has 3 rings (SSSR count). The van der Waals surface area contributed by atoms with Gasteiger partial charge in [-0.2, -0.15) is 8.42 Å². The minimum Gasteiger partial charge on any atom is -0.461 e. The first-order chi connectivity index (χ1) is 9.12. The second kappa shape index (κ2) is 4.16. The Morgan fingerprint density at radius 1 is 1.25 bits per heavy atom. The maximum absolute atomic E-state index is 12.9. The smallest absolute Gasteiger partial charge is 0.306 e. The molecule has 0 aromatic rings. The Bertz CT molecular complexity index is 632. The Kier molecular flexibility index (Phi) is 2.96. The molecule has 3 atom stereocenters. The molecule has 0 N–H and O–H groups in total. The molecule has 0 radical (unpaired) electrons. The number of hydrogen-bond donors (Lipinski definition) is 0. The SMILES string of the molecule is O=C1CC2(CC3CCC(C2)S3(=O)=O)C(CS(=O)(=O)F)O1. The van der Waals surface area contributed by atoms with Crippen LogP contribution in [0.25, 0.3) is 0 Å². The lowest BCUT2D eigenvalue weighted by Gasteiger charge is -2.38. The van der Waals surface area contributed by atoms with Crippen molar-refractivity contribution in [2.75, 3.05) is 5.75 Å². The molecule has 3 saturated heterocycles. The second-order valence-electron chi connectivity index (χ2n) is 6.04. The summed E-state index contributed by atoms with van der Waals surface area (Å²) in [6.45, 7) is 0. The molecule has 3 aliphatic rings. The van der Waals surface area contributed by atoms with Crippen molar-refractivity contribution in [2.45, 2.75) is 48.7 Å². The Hall–Kier alpha value is -0.700. The van der Waals surface area contributed by atoms with Crippen LogP contribution in [0.2, 0.25) is 0 Å². The van der Waals surface area contributed by atoms with Crippen molar-refractivity contribution >= 4 is 26.0 Å². The number of fused-ring (bicyclic) bond motifs is 2. The molecule has 9 heteroatoms. The van der Waals surface area contributed by atoms with Crippen LogP contribution in [0.3, 0.4) is 0 Å². The van der Waals surface area contributed by atoms with Crippen molar-refractivity contribution in [2.24, 2.45) is 5.41 Å². The summed E-state index contributed by atoms with van der Waals surface area (Å²) in [5, 5.41) is -1.11. The van der Waals surface area contributed by atoms with Gasteiger partial charge in [0.15, 0.2) is 9.84 Å². The standard InChI is InChI=1S/C11H15FO6S2/c12-19(14,15)6-9-11(5-10(13)18-9)3-7-1-2-8(4-11)20(7,16)17/h7-9H,1-6H2. The first-order valence-electron chi connectivity index (χ1n) is 6.47. The lowest BCUT2D eigenvalue weighted by atomic mass is 9.74. The third-order valence-corrected chi connectivity index (χ3v) is 8.18. The largest absolute Gasteiger partial charge is 0.461 e. The molecule has 1 spiro atoms. The molecule has 0 aromatic carbocycles. The zero-order chi connectivity index (χ0) is 14.8. The summed E-state index contributed by atoms with van der Waals surface area (Å²) in [5.41, 5.74) is -0.840. The van der Waals surface area contributed by atoms with Gasteiger partial charge in [0.2, 0.25) is 0 Å². The van der Waals surface area contributed by atoms with Crippen LogP contribution in [-0.4, -0.2) is 45.2 Å². The molecule has 20 heavy (non-hydrogen) atoms. The predicted octanol–water partition coefficient (Wildman–Crippen LogP) is 0.327. The summed E-state index contributed by atoms with van der Waals surface area (Å²) in [6.07, 6.45) is 0.352. The number of hydrogen-bond acceptors (Lipinski definition) is 6. The van der Waals surface area contributed by atoms with Crippen molar-refractivity contribution in [3.63, 3.8) is 0 Å². The average molecular weight is 326 g/mol. The van der Waals surface area contributed by atoms with Gasteiger partial charge in [0.05, 0.1) is 16.9 Å². The minimum atomic E-state index is -4.78. The summed E-state index contributed by atoms with van der Waals surface area (Å²) in [5.74, 6) is -1.45. The molecule has 3 aliphatic heterocycles.